The lowest BCUT2D eigenvalue weighted by molar-refractivity contribution is 0.183. The maximum Gasteiger partial charge on any atom is 0.316 e. The Morgan fingerprint density at radius 1 is 1.35 bits per heavy atom. The fourth-order valence-electron chi connectivity index (χ4n) is 2.65. The van der Waals surface area contributed by atoms with Crippen LogP contribution in [0, 0.1) is 11.3 Å². The molecule has 1 aliphatic heterocycles. The van der Waals surface area contributed by atoms with Gasteiger partial charge in [0.05, 0.1) is 31.1 Å². The van der Waals surface area contributed by atoms with E-state index in [9.17, 15) is 0 Å². The smallest absolute Gasteiger partial charge is 0.316 e. The molecule has 2 heterocycles. The summed E-state index contributed by atoms with van der Waals surface area (Å²) in [6, 6.07) is 10.3. The van der Waals surface area contributed by atoms with Crippen molar-refractivity contribution in [3.63, 3.8) is 0 Å². The van der Waals surface area contributed by atoms with Gasteiger partial charge in [0.25, 0.3) is 0 Å². The summed E-state index contributed by atoms with van der Waals surface area (Å²) in [6.07, 6.45) is 4.22. The van der Waals surface area contributed by atoms with Crippen molar-refractivity contribution in [1.82, 2.24) is 14.9 Å². The average Bonchev–Trinajstić information content (AvgIpc) is 3.02. The first kappa shape index (κ1) is 15.3. The van der Waals surface area contributed by atoms with Crippen LogP contribution < -0.4 is 9.47 Å². The lowest BCUT2D eigenvalue weighted by Crippen LogP contribution is -2.25. The summed E-state index contributed by atoms with van der Waals surface area (Å²) in [5.41, 5.74) is 1.84. The molecule has 0 bridgehead atoms. The van der Waals surface area contributed by atoms with Crippen LogP contribution in [-0.2, 0) is 6.54 Å². The number of methoxy groups -OCH3 is 1. The van der Waals surface area contributed by atoms with E-state index in [-0.39, 0.29) is 6.10 Å². The Morgan fingerprint density at radius 2 is 2.17 bits per heavy atom. The minimum atomic E-state index is 0.0857. The number of hydrogen-bond acceptors (Lipinski definition) is 6. The molecule has 6 nitrogen and oxygen atoms in total. The fraction of sp³-hybridized carbons (Fsp3) is 0.353. The van der Waals surface area contributed by atoms with Gasteiger partial charge in [0, 0.05) is 19.6 Å². The van der Waals surface area contributed by atoms with Crippen molar-refractivity contribution in [2.24, 2.45) is 0 Å². The van der Waals surface area contributed by atoms with Crippen molar-refractivity contribution in [1.29, 1.82) is 5.26 Å². The van der Waals surface area contributed by atoms with Crippen LogP contribution in [0.3, 0.4) is 0 Å². The molecule has 0 amide bonds. The van der Waals surface area contributed by atoms with Crippen molar-refractivity contribution in [3.05, 3.63) is 47.8 Å². The Balaban J connectivity index is 1.54. The van der Waals surface area contributed by atoms with E-state index in [4.69, 9.17) is 14.7 Å². The number of nitrogens with zero attached hydrogens (tertiary/aromatic N) is 4. The van der Waals surface area contributed by atoms with E-state index in [2.05, 4.69) is 20.9 Å². The van der Waals surface area contributed by atoms with Crippen LogP contribution >= 0.6 is 0 Å². The van der Waals surface area contributed by atoms with Gasteiger partial charge in [-0.2, -0.15) is 15.2 Å². The molecule has 3 rings (SSSR count). The quantitative estimate of drug-likeness (QED) is 0.841. The van der Waals surface area contributed by atoms with E-state index < -0.39 is 0 Å². The van der Waals surface area contributed by atoms with E-state index in [1.807, 2.05) is 24.3 Å². The molecule has 6 heteroatoms. The van der Waals surface area contributed by atoms with Crippen molar-refractivity contribution in [3.8, 4) is 17.8 Å². The highest BCUT2D eigenvalue weighted by Gasteiger charge is 2.24. The number of hydrogen-bond donors (Lipinski definition) is 0. The number of rotatable bonds is 5. The molecule has 1 aromatic carbocycles. The molecule has 23 heavy (non-hydrogen) atoms. The monoisotopic (exact) mass is 310 g/mol. The van der Waals surface area contributed by atoms with Crippen LogP contribution in [-0.4, -0.2) is 41.2 Å². The molecular weight excluding hydrogens is 292 g/mol. The van der Waals surface area contributed by atoms with E-state index in [1.165, 1.54) is 0 Å². The van der Waals surface area contributed by atoms with Crippen molar-refractivity contribution in [2.45, 2.75) is 19.1 Å². The SMILES string of the molecule is COc1cnc(OC2CCN(Cc3cccc(C#N)c3)C2)nc1. The molecule has 0 aliphatic carbocycles. The standard InChI is InChI=1S/C17H18N4O2/c1-22-16-9-19-17(20-10-16)23-15-5-6-21(12-15)11-14-4-2-3-13(7-14)8-18/h2-4,7,9-10,15H,5-6,11-12H2,1H3. The molecule has 118 valence electrons. The van der Waals surface area contributed by atoms with Gasteiger partial charge in [-0.05, 0) is 24.1 Å². The van der Waals surface area contributed by atoms with E-state index in [0.29, 0.717) is 17.3 Å². The maximum absolute atomic E-state index is 8.96. The van der Waals surface area contributed by atoms with Gasteiger partial charge < -0.3 is 9.47 Å². The van der Waals surface area contributed by atoms with Crippen molar-refractivity contribution in [2.75, 3.05) is 20.2 Å². The summed E-state index contributed by atoms with van der Waals surface area (Å²) in [7, 11) is 1.58. The third-order valence-electron chi connectivity index (χ3n) is 3.80. The third kappa shape index (κ3) is 3.96. The second-order valence-electron chi connectivity index (χ2n) is 5.48. The highest BCUT2D eigenvalue weighted by Crippen LogP contribution is 2.18. The number of ether oxygens (including phenoxy) is 2. The van der Waals surface area contributed by atoms with Crippen LogP contribution in [0.2, 0.25) is 0 Å². The number of aromatic nitrogens is 2. The Morgan fingerprint density at radius 3 is 2.91 bits per heavy atom. The topological polar surface area (TPSA) is 71.3 Å². The Labute approximate surface area is 135 Å². The molecule has 1 aliphatic rings. The largest absolute Gasteiger partial charge is 0.494 e. The molecule has 1 atom stereocenters. The summed E-state index contributed by atoms with van der Waals surface area (Å²) in [6.45, 7) is 2.60. The normalized spacial score (nSPS) is 17.7. The van der Waals surface area contributed by atoms with Gasteiger partial charge in [0.1, 0.15) is 6.10 Å². The first-order chi connectivity index (χ1) is 11.3. The van der Waals surface area contributed by atoms with Crippen LogP contribution in [0.4, 0.5) is 0 Å². The van der Waals surface area contributed by atoms with Crippen molar-refractivity contribution < 1.29 is 9.47 Å². The molecule has 0 spiro atoms. The maximum atomic E-state index is 8.96. The first-order valence-corrected chi connectivity index (χ1v) is 7.51. The summed E-state index contributed by atoms with van der Waals surface area (Å²) in [4.78, 5) is 10.6. The lowest BCUT2D eigenvalue weighted by atomic mass is 10.1. The molecule has 1 unspecified atom stereocenters. The molecule has 1 aromatic heterocycles. The Hall–Kier alpha value is -2.65. The fourth-order valence-corrected chi connectivity index (χ4v) is 2.65. The average molecular weight is 310 g/mol. The zero-order valence-electron chi connectivity index (χ0n) is 13.0. The summed E-state index contributed by atoms with van der Waals surface area (Å²) in [5, 5.41) is 8.96. The molecule has 2 aromatic rings. The van der Waals surface area contributed by atoms with Crippen LogP contribution in [0.25, 0.3) is 0 Å². The van der Waals surface area contributed by atoms with Gasteiger partial charge in [-0.25, -0.2) is 0 Å². The Bertz CT molecular complexity index is 696. The summed E-state index contributed by atoms with van der Waals surface area (Å²) in [5.74, 6) is 0.614. The highest BCUT2D eigenvalue weighted by molar-refractivity contribution is 5.32. The minimum Gasteiger partial charge on any atom is -0.494 e. The van der Waals surface area contributed by atoms with Crippen LogP contribution in [0.15, 0.2) is 36.7 Å². The van der Waals surface area contributed by atoms with Gasteiger partial charge in [-0.3, -0.25) is 4.90 Å². The lowest BCUT2D eigenvalue weighted by Gasteiger charge is -2.16. The summed E-state index contributed by atoms with van der Waals surface area (Å²) >= 11 is 0. The predicted molar refractivity (Wildman–Crippen MR) is 84.1 cm³/mol. The number of nitriles is 1. The second kappa shape index (κ2) is 7.07. The summed E-state index contributed by atoms with van der Waals surface area (Å²) < 4.78 is 10.8. The highest BCUT2D eigenvalue weighted by atomic mass is 16.5. The Kier molecular flexibility index (Phi) is 4.69. The molecule has 1 fully saturated rings. The second-order valence-corrected chi connectivity index (χ2v) is 5.48. The van der Waals surface area contributed by atoms with Gasteiger partial charge in [-0.15, -0.1) is 0 Å². The molecular formula is C17H18N4O2. The van der Waals surface area contributed by atoms with Gasteiger partial charge in [0.15, 0.2) is 5.75 Å². The van der Waals surface area contributed by atoms with Gasteiger partial charge in [-0.1, -0.05) is 12.1 Å². The predicted octanol–water partition coefficient (Wildman–Crippen LogP) is 2.01. The van der Waals surface area contributed by atoms with Crippen LogP contribution in [0.5, 0.6) is 11.8 Å². The van der Waals surface area contributed by atoms with E-state index in [1.54, 1.807) is 19.5 Å². The minimum absolute atomic E-state index is 0.0857. The molecule has 1 saturated heterocycles. The molecule has 0 N–H and O–H groups in total. The molecule has 0 saturated carbocycles. The number of likely N-dealkylation sites (tertiary alicyclic amines) is 1. The van der Waals surface area contributed by atoms with E-state index >= 15 is 0 Å². The zero-order valence-corrected chi connectivity index (χ0v) is 13.0. The van der Waals surface area contributed by atoms with E-state index in [0.717, 1.165) is 31.6 Å². The zero-order chi connectivity index (χ0) is 16.1. The first-order valence-electron chi connectivity index (χ1n) is 7.51. The van der Waals surface area contributed by atoms with Gasteiger partial charge >= 0.3 is 6.01 Å². The third-order valence-corrected chi connectivity index (χ3v) is 3.80. The van der Waals surface area contributed by atoms with Crippen LogP contribution in [0.1, 0.15) is 17.5 Å². The van der Waals surface area contributed by atoms with Crippen molar-refractivity contribution >= 4 is 0 Å². The molecule has 0 radical (unpaired) electrons. The number of benzene rings is 1. The van der Waals surface area contributed by atoms with Gasteiger partial charge in [0.2, 0.25) is 0 Å².